The molecule has 3 rings (SSSR count). The Morgan fingerprint density at radius 1 is 1.21 bits per heavy atom. The third-order valence-corrected chi connectivity index (χ3v) is 4.67. The molecule has 2 heterocycles. The van der Waals surface area contributed by atoms with Gasteiger partial charge in [-0.15, -0.1) is 0 Å². The predicted molar refractivity (Wildman–Crippen MR) is 83.9 cm³/mol. The number of rotatable bonds is 3. The Bertz CT molecular complexity index is 665. The van der Waals surface area contributed by atoms with Crippen molar-refractivity contribution in [1.29, 1.82) is 0 Å². The van der Waals surface area contributed by atoms with Gasteiger partial charge in [0.25, 0.3) is 0 Å². The number of amides is 2. The lowest BCUT2D eigenvalue weighted by molar-refractivity contribution is -0.154. The minimum Gasteiger partial charge on any atom is -0.342 e. The highest BCUT2D eigenvalue weighted by molar-refractivity contribution is 5.97. The molecular formula is C17H21F2N3O2. The summed E-state index contributed by atoms with van der Waals surface area (Å²) < 4.78 is 26.3. The molecule has 1 aromatic carbocycles. The first-order chi connectivity index (χ1) is 11.4. The highest BCUT2D eigenvalue weighted by Gasteiger charge is 2.44. The Morgan fingerprint density at radius 2 is 1.96 bits per heavy atom. The summed E-state index contributed by atoms with van der Waals surface area (Å²) >= 11 is 0. The topological polar surface area (TPSA) is 52.7 Å². The van der Waals surface area contributed by atoms with Crippen LogP contribution in [-0.4, -0.2) is 53.3 Å². The van der Waals surface area contributed by atoms with Crippen LogP contribution in [0.1, 0.15) is 19.4 Å². The highest BCUT2D eigenvalue weighted by atomic mass is 19.2. The van der Waals surface area contributed by atoms with Crippen LogP contribution in [0.2, 0.25) is 0 Å². The third kappa shape index (κ3) is 3.13. The van der Waals surface area contributed by atoms with E-state index < -0.39 is 23.7 Å². The Labute approximate surface area is 139 Å². The summed E-state index contributed by atoms with van der Waals surface area (Å²) in [6, 6.07) is 2.82. The summed E-state index contributed by atoms with van der Waals surface area (Å²) in [4.78, 5) is 28.5. The van der Waals surface area contributed by atoms with E-state index in [1.165, 1.54) is 12.1 Å². The van der Waals surface area contributed by atoms with E-state index in [2.05, 4.69) is 5.32 Å². The van der Waals surface area contributed by atoms with Crippen LogP contribution < -0.4 is 5.32 Å². The first-order valence-electron chi connectivity index (χ1n) is 8.14. The van der Waals surface area contributed by atoms with Gasteiger partial charge < -0.3 is 10.2 Å². The smallest absolute Gasteiger partial charge is 0.246 e. The number of hydrogen-bond donors (Lipinski definition) is 1. The SMILES string of the molecule is CC(C)[C@@H]1NC(=O)[C@H]2CN(Cc3ccc(F)c(F)c3)CCN2C1=O. The lowest BCUT2D eigenvalue weighted by atomic mass is 9.96. The zero-order chi connectivity index (χ0) is 17.4. The lowest BCUT2D eigenvalue weighted by Gasteiger charge is -2.46. The summed E-state index contributed by atoms with van der Waals surface area (Å²) in [7, 11) is 0. The van der Waals surface area contributed by atoms with Gasteiger partial charge in [0.05, 0.1) is 0 Å². The number of carbonyl (C=O) groups excluding carboxylic acids is 2. The highest BCUT2D eigenvalue weighted by Crippen LogP contribution is 2.21. The fourth-order valence-corrected chi connectivity index (χ4v) is 3.31. The largest absolute Gasteiger partial charge is 0.342 e. The van der Waals surface area contributed by atoms with Crippen molar-refractivity contribution in [2.45, 2.75) is 32.5 Å². The lowest BCUT2D eigenvalue weighted by Crippen LogP contribution is -2.70. The molecule has 2 aliphatic rings. The fraction of sp³-hybridized carbons (Fsp3) is 0.529. The average molecular weight is 337 g/mol. The van der Waals surface area contributed by atoms with Gasteiger partial charge in [-0.25, -0.2) is 8.78 Å². The number of piperazine rings is 2. The van der Waals surface area contributed by atoms with E-state index in [4.69, 9.17) is 0 Å². The van der Waals surface area contributed by atoms with Crippen molar-refractivity contribution in [3.63, 3.8) is 0 Å². The van der Waals surface area contributed by atoms with Gasteiger partial charge in [0, 0.05) is 26.2 Å². The summed E-state index contributed by atoms with van der Waals surface area (Å²) in [6.07, 6.45) is 0. The summed E-state index contributed by atoms with van der Waals surface area (Å²) in [6.45, 7) is 5.67. The van der Waals surface area contributed by atoms with Gasteiger partial charge in [-0.05, 0) is 23.6 Å². The molecule has 7 heteroatoms. The predicted octanol–water partition coefficient (Wildman–Crippen LogP) is 1.13. The quantitative estimate of drug-likeness (QED) is 0.900. The number of hydrogen-bond acceptors (Lipinski definition) is 3. The minimum absolute atomic E-state index is 0.0397. The van der Waals surface area contributed by atoms with Crippen molar-refractivity contribution in [1.82, 2.24) is 15.1 Å². The summed E-state index contributed by atoms with van der Waals surface area (Å²) in [5.74, 6) is -1.90. The molecule has 0 unspecified atom stereocenters. The van der Waals surface area contributed by atoms with Crippen molar-refractivity contribution < 1.29 is 18.4 Å². The van der Waals surface area contributed by atoms with Gasteiger partial charge in [-0.2, -0.15) is 0 Å². The van der Waals surface area contributed by atoms with Crippen molar-refractivity contribution in [2.75, 3.05) is 19.6 Å². The van der Waals surface area contributed by atoms with E-state index in [1.54, 1.807) is 4.90 Å². The number of carbonyl (C=O) groups is 2. The number of nitrogens with zero attached hydrogens (tertiary/aromatic N) is 2. The molecule has 2 fully saturated rings. The first-order valence-corrected chi connectivity index (χ1v) is 8.14. The van der Waals surface area contributed by atoms with Crippen LogP contribution in [-0.2, 0) is 16.1 Å². The first kappa shape index (κ1) is 16.8. The number of benzene rings is 1. The Balaban J connectivity index is 1.69. The standard InChI is InChI=1S/C17H21F2N3O2/c1-10(2)15-17(24)22-6-5-21(9-14(22)16(23)20-15)8-11-3-4-12(18)13(19)7-11/h3-4,7,10,14-15H,5-6,8-9H2,1-2H3,(H,20,23)/t14-,15+/m1/s1. The fourth-order valence-electron chi connectivity index (χ4n) is 3.31. The molecule has 0 aliphatic carbocycles. The molecule has 0 bridgehead atoms. The molecule has 1 N–H and O–H groups in total. The average Bonchev–Trinajstić information content (AvgIpc) is 2.54. The van der Waals surface area contributed by atoms with Gasteiger partial charge >= 0.3 is 0 Å². The Hall–Kier alpha value is -2.02. The number of halogens is 2. The summed E-state index contributed by atoms with van der Waals surface area (Å²) in [5, 5.41) is 2.80. The van der Waals surface area contributed by atoms with Crippen LogP contribution >= 0.6 is 0 Å². The molecule has 0 saturated carbocycles. The molecular weight excluding hydrogens is 316 g/mol. The molecule has 0 radical (unpaired) electrons. The van der Waals surface area contributed by atoms with Crippen LogP contribution in [0.3, 0.4) is 0 Å². The molecule has 1 aromatic rings. The molecule has 0 aromatic heterocycles. The van der Waals surface area contributed by atoms with E-state index >= 15 is 0 Å². The van der Waals surface area contributed by atoms with E-state index in [0.717, 1.165) is 6.07 Å². The number of nitrogens with one attached hydrogen (secondary N) is 1. The van der Waals surface area contributed by atoms with Crippen molar-refractivity contribution in [3.05, 3.63) is 35.4 Å². The van der Waals surface area contributed by atoms with E-state index in [-0.39, 0.29) is 17.7 Å². The maximum absolute atomic E-state index is 13.3. The van der Waals surface area contributed by atoms with Gasteiger partial charge in [0.2, 0.25) is 11.8 Å². The van der Waals surface area contributed by atoms with Crippen LogP contribution in [0.4, 0.5) is 8.78 Å². The third-order valence-electron chi connectivity index (χ3n) is 4.67. The number of fused-ring (bicyclic) bond motifs is 1. The zero-order valence-electron chi connectivity index (χ0n) is 13.8. The molecule has 2 atom stereocenters. The van der Waals surface area contributed by atoms with Crippen LogP contribution in [0, 0.1) is 17.6 Å². The van der Waals surface area contributed by atoms with Crippen LogP contribution in [0.5, 0.6) is 0 Å². The Kier molecular flexibility index (Phi) is 4.54. The van der Waals surface area contributed by atoms with Gasteiger partial charge in [-0.1, -0.05) is 19.9 Å². The van der Waals surface area contributed by atoms with Crippen LogP contribution in [0.15, 0.2) is 18.2 Å². The Morgan fingerprint density at radius 3 is 2.62 bits per heavy atom. The van der Waals surface area contributed by atoms with Crippen molar-refractivity contribution in [3.8, 4) is 0 Å². The van der Waals surface area contributed by atoms with Crippen molar-refractivity contribution >= 4 is 11.8 Å². The molecule has 2 aliphatic heterocycles. The second kappa shape index (κ2) is 6.47. The molecule has 2 amide bonds. The molecule has 130 valence electrons. The van der Waals surface area contributed by atoms with E-state index in [1.807, 2.05) is 18.7 Å². The zero-order valence-corrected chi connectivity index (χ0v) is 13.8. The van der Waals surface area contributed by atoms with E-state index in [9.17, 15) is 18.4 Å². The molecule has 24 heavy (non-hydrogen) atoms. The normalized spacial score (nSPS) is 25.0. The van der Waals surface area contributed by atoms with Gasteiger partial charge in [-0.3, -0.25) is 14.5 Å². The maximum atomic E-state index is 13.3. The van der Waals surface area contributed by atoms with Crippen molar-refractivity contribution in [2.24, 2.45) is 5.92 Å². The van der Waals surface area contributed by atoms with Crippen LogP contribution in [0.25, 0.3) is 0 Å². The molecule has 0 spiro atoms. The molecule has 2 saturated heterocycles. The second-order valence-electron chi connectivity index (χ2n) is 6.76. The van der Waals surface area contributed by atoms with Gasteiger partial charge in [0.15, 0.2) is 11.6 Å². The monoisotopic (exact) mass is 337 g/mol. The van der Waals surface area contributed by atoms with Gasteiger partial charge in [0.1, 0.15) is 12.1 Å². The minimum atomic E-state index is -0.878. The maximum Gasteiger partial charge on any atom is 0.246 e. The second-order valence-corrected chi connectivity index (χ2v) is 6.76. The van der Waals surface area contributed by atoms with E-state index in [0.29, 0.717) is 31.7 Å². The summed E-state index contributed by atoms with van der Waals surface area (Å²) in [5.41, 5.74) is 0.643. The molecule has 5 nitrogen and oxygen atoms in total.